The van der Waals surface area contributed by atoms with E-state index in [1.54, 1.807) is 20.5 Å². The summed E-state index contributed by atoms with van der Waals surface area (Å²) in [4.78, 5) is 10.2. The molecular formula is C19H15N7O2S. The standard InChI is InChI=1S/C19H15N7O2S/c1-27-14-8-12-13(9-15(14)28-2)26(10-20-12)19-21-16(11-6-4-3-5-7-11)17(29-19)18-22-24-25-23-18/h3-10H,1-2H3,(H,22,23,24,25). The Morgan fingerprint density at radius 1 is 1.03 bits per heavy atom. The summed E-state index contributed by atoms with van der Waals surface area (Å²) in [7, 11) is 3.21. The highest BCUT2D eigenvalue weighted by atomic mass is 32.1. The van der Waals surface area contributed by atoms with Crippen LogP contribution in [-0.4, -0.2) is 49.4 Å². The highest BCUT2D eigenvalue weighted by molar-refractivity contribution is 7.18. The minimum Gasteiger partial charge on any atom is -0.493 e. The van der Waals surface area contributed by atoms with Gasteiger partial charge in [0.2, 0.25) is 5.82 Å². The maximum atomic E-state index is 5.45. The fourth-order valence-electron chi connectivity index (χ4n) is 3.10. The van der Waals surface area contributed by atoms with Gasteiger partial charge >= 0.3 is 0 Å². The molecule has 0 aliphatic heterocycles. The Balaban J connectivity index is 1.71. The van der Waals surface area contributed by atoms with Crippen molar-refractivity contribution in [1.29, 1.82) is 0 Å². The number of benzene rings is 2. The number of aromatic nitrogens is 7. The zero-order chi connectivity index (χ0) is 19.8. The van der Waals surface area contributed by atoms with Gasteiger partial charge in [0.15, 0.2) is 16.6 Å². The van der Waals surface area contributed by atoms with E-state index in [0.717, 1.165) is 32.3 Å². The van der Waals surface area contributed by atoms with Crippen LogP contribution in [0.2, 0.25) is 0 Å². The van der Waals surface area contributed by atoms with E-state index in [1.807, 2.05) is 47.0 Å². The Labute approximate surface area is 169 Å². The van der Waals surface area contributed by atoms with Crippen LogP contribution in [0.3, 0.4) is 0 Å². The quantitative estimate of drug-likeness (QED) is 0.478. The molecule has 29 heavy (non-hydrogen) atoms. The van der Waals surface area contributed by atoms with Gasteiger partial charge in [0.1, 0.15) is 11.2 Å². The average Bonchev–Trinajstić information content (AvgIpc) is 3.51. The number of methoxy groups -OCH3 is 2. The van der Waals surface area contributed by atoms with Crippen LogP contribution < -0.4 is 9.47 Å². The fourth-order valence-corrected chi connectivity index (χ4v) is 4.10. The van der Waals surface area contributed by atoms with Crippen LogP contribution in [0.1, 0.15) is 0 Å². The number of nitrogens with one attached hydrogen (secondary N) is 1. The molecule has 5 aromatic rings. The molecule has 5 rings (SSSR count). The van der Waals surface area contributed by atoms with E-state index >= 15 is 0 Å². The van der Waals surface area contributed by atoms with Gasteiger partial charge in [-0.1, -0.05) is 41.7 Å². The third-order valence-electron chi connectivity index (χ3n) is 4.47. The number of thiazole rings is 1. The third-order valence-corrected chi connectivity index (χ3v) is 5.52. The molecule has 0 fully saturated rings. The minimum absolute atomic E-state index is 0.497. The van der Waals surface area contributed by atoms with Gasteiger partial charge in [-0.05, 0) is 5.21 Å². The van der Waals surface area contributed by atoms with Crippen LogP contribution in [0.4, 0.5) is 0 Å². The first kappa shape index (κ1) is 17.3. The van der Waals surface area contributed by atoms with Crippen LogP contribution in [0, 0.1) is 0 Å². The molecule has 10 heteroatoms. The molecule has 9 nitrogen and oxygen atoms in total. The topological polar surface area (TPSA) is 104 Å². The second kappa shape index (κ2) is 6.99. The zero-order valence-corrected chi connectivity index (χ0v) is 16.3. The van der Waals surface area contributed by atoms with Gasteiger partial charge in [-0.25, -0.2) is 9.97 Å². The van der Waals surface area contributed by atoms with Crippen molar-refractivity contribution in [3.63, 3.8) is 0 Å². The summed E-state index contributed by atoms with van der Waals surface area (Å²) in [5, 5.41) is 15.2. The van der Waals surface area contributed by atoms with E-state index < -0.39 is 0 Å². The highest BCUT2D eigenvalue weighted by Crippen LogP contribution is 2.38. The lowest BCUT2D eigenvalue weighted by Gasteiger charge is -2.07. The molecular weight excluding hydrogens is 390 g/mol. The van der Waals surface area contributed by atoms with Crippen molar-refractivity contribution in [3.8, 4) is 38.6 Å². The Kier molecular flexibility index (Phi) is 4.17. The number of fused-ring (bicyclic) bond motifs is 1. The SMILES string of the molecule is COc1cc2ncn(-c3nc(-c4ccccc4)c(-c4nn[nH]n4)s3)c2cc1OC. The third kappa shape index (κ3) is 2.90. The second-order valence-corrected chi connectivity index (χ2v) is 7.06. The summed E-state index contributed by atoms with van der Waals surface area (Å²) in [6, 6.07) is 13.6. The molecule has 3 heterocycles. The van der Waals surface area contributed by atoms with Crippen molar-refractivity contribution in [2.75, 3.05) is 14.2 Å². The molecule has 0 unspecified atom stereocenters. The largest absolute Gasteiger partial charge is 0.493 e. The van der Waals surface area contributed by atoms with Crippen molar-refractivity contribution < 1.29 is 9.47 Å². The number of tetrazole rings is 1. The first-order chi connectivity index (χ1) is 14.3. The summed E-state index contributed by atoms with van der Waals surface area (Å²) in [5.74, 6) is 1.75. The van der Waals surface area contributed by atoms with E-state index in [4.69, 9.17) is 14.5 Å². The zero-order valence-electron chi connectivity index (χ0n) is 15.5. The van der Waals surface area contributed by atoms with Crippen LogP contribution in [-0.2, 0) is 0 Å². The van der Waals surface area contributed by atoms with Gasteiger partial charge in [0.05, 0.1) is 30.9 Å². The molecule has 0 aliphatic carbocycles. The van der Waals surface area contributed by atoms with Gasteiger partial charge in [-0.3, -0.25) is 4.57 Å². The molecule has 1 N–H and O–H groups in total. The number of hydrogen-bond donors (Lipinski definition) is 1. The summed E-state index contributed by atoms with van der Waals surface area (Å²) in [6.07, 6.45) is 1.73. The molecule has 0 radical (unpaired) electrons. The molecule has 0 saturated heterocycles. The first-order valence-corrected chi connectivity index (χ1v) is 9.49. The molecule has 0 bridgehead atoms. The van der Waals surface area contributed by atoms with Gasteiger partial charge in [-0.15, -0.1) is 10.2 Å². The molecule has 0 saturated carbocycles. The monoisotopic (exact) mass is 405 g/mol. The van der Waals surface area contributed by atoms with Crippen molar-refractivity contribution in [2.24, 2.45) is 0 Å². The molecule has 0 aliphatic rings. The summed E-state index contributed by atoms with van der Waals surface area (Å²) >= 11 is 1.46. The summed E-state index contributed by atoms with van der Waals surface area (Å²) < 4.78 is 12.7. The molecule has 3 aromatic heterocycles. The van der Waals surface area contributed by atoms with Gasteiger partial charge in [0, 0.05) is 17.7 Å². The lowest BCUT2D eigenvalue weighted by atomic mass is 10.1. The van der Waals surface area contributed by atoms with Gasteiger partial charge in [0.25, 0.3) is 0 Å². The Bertz CT molecular complexity index is 1280. The molecule has 0 amide bonds. The Hall–Kier alpha value is -3.79. The number of aromatic amines is 1. The molecule has 144 valence electrons. The molecule has 0 atom stereocenters. The summed E-state index contributed by atoms with van der Waals surface area (Å²) in [6.45, 7) is 0. The van der Waals surface area contributed by atoms with Crippen molar-refractivity contribution >= 4 is 22.4 Å². The van der Waals surface area contributed by atoms with Crippen LogP contribution in [0.15, 0.2) is 48.8 Å². The number of ether oxygens (including phenoxy) is 2. The molecule has 0 spiro atoms. The summed E-state index contributed by atoms with van der Waals surface area (Å²) in [5.41, 5.74) is 3.39. The van der Waals surface area contributed by atoms with E-state index in [-0.39, 0.29) is 0 Å². The number of rotatable bonds is 5. The highest BCUT2D eigenvalue weighted by Gasteiger charge is 2.20. The van der Waals surface area contributed by atoms with E-state index in [1.165, 1.54) is 11.3 Å². The van der Waals surface area contributed by atoms with Gasteiger partial charge in [-0.2, -0.15) is 5.21 Å². The van der Waals surface area contributed by atoms with Crippen molar-refractivity contribution in [1.82, 2.24) is 35.2 Å². The lowest BCUT2D eigenvalue weighted by Crippen LogP contribution is -1.94. The van der Waals surface area contributed by atoms with Crippen molar-refractivity contribution in [3.05, 3.63) is 48.8 Å². The predicted octanol–water partition coefficient (Wildman–Crippen LogP) is 3.35. The van der Waals surface area contributed by atoms with Gasteiger partial charge < -0.3 is 9.47 Å². The minimum atomic E-state index is 0.497. The number of H-pyrrole nitrogens is 1. The van der Waals surface area contributed by atoms with Crippen molar-refractivity contribution in [2.45, 2.75) is 0 Å². The van der Waals surface area contributed by atoms with E-state index in [0.29, 0.717) is 17.3 Å². The lowest BCUT2D eigenvalue weighted by molar-refractivity contribution is 0.355. The van der Waals surface area contributed by atoms with E-state index in [9.17, 15) is 0 Å². The maximum absolute atomic E-state index is 5.45. The smallest absolute Gasteiger partial charge is 0.216 e. The van der Waals surface area contributed by atoms with Crippen LogP contribution in [0.5, 0.6) is 11.5 Å². The Morgan fingerprint density at radius 3 is 2.55 bits per heavy atom. The molecule has 2 aromatic carbocycles. The van der Waals surface area contributed by atoms with Crippen LogP contribution >= 0.6 is 11.3 Å². The fraction of sp³-hybridized carbons (Fsp3) is 0.105. The predicted molar refractivity (Wildman–Crippen MR) is 108 cm³/mol. The van der Waals surface area contributed by atoms with E-state index in [2.05, 4.69) is 25.6 Å². The maximum Gasteiger partial charge on any atom is 0.216 e. The normalized spacial score (nSPS) is 11.1. The number of imidazole rings is 1. The van der Waals surface area contributed by atoms with Crippen LogP contribution in [0.25, 0.3) is 38.1 Å². The number of hydrogen-bond acceptors (Lipinski definition) is 8. The second-order valence-electron chi connectivity index (χ2n) is 6.09. The Morgan fingerprint density at radius 2 is 1.83 bits per heavy atom. The first-order valence-electron chi connectivity index (χ1n) is 8.68. The number of nitrogens with zero attached hydrogens (tertiary/aromatic N) is 6. The average molecular weight is 405 g/mol.